The molecule has 2 heterocycles. The molecule has 0 saturated carbocycles. The third-order valence-electron chi connectivity index (χ3n) is 4.23. The van der Waals surface area contributed by atoms with Crippen molar-refractivity contribution in [3.8, 4) is 5.75 Å². The summed E-state index contributed by atoms with van der Waals surface area (Å²) in [7, 11) is 3.60. The quantitative estimate of drug-likeness (QED) is 0.857. The van der Waals surface area contributed by atoms with Gasteiger partial charge in [-0.1, -0.05) is 0 Å². The van der Waals surface area contributed by atoms with E-state index in [-0.39, 0.29) is 11.9 Å². The second-order valence-corrected chi connectivity index (χ2v) is 5.86. The fraction of sp³-hybridized carbons (Fsp3) is 0.412. The summed E-state index contributed by atoms with van der Waals surface area (Å²) in [5.74, 6) is 1.71. The third kappa shape index (κ3) is 3.74. The number of anilines is 1. The Morgan fingerprint density at radius 3 is 2.88 bits per heavy atom. The molecule has 7 heteroatoms. The number of carbonyl (C=O) groups excluding carboxylic acids is 1. The van der Waals surface area contributed by atoms with Gasteiger partial charge in [-0.05, 0) is 24.3 Å². The van der Waals surface area contributed by atoms with Gasteiger partial charge in [-0.3, -0.25) is 9.69 Å². The first-order valence-corrected chi connectivity index (χ1v) is 8.03. The number of aryl methyl sites for hydroxylation is 1. The average molecular weight is 329 g/mol. The van der Waals surface area contributed by atoms with Gasteiger partial charge in [0.25, 0.3) is 0 Å². The molecule has 3 rings (SSSR count). The molecule has 1 amide bonds. The van der Waals surface area contributed by atoms with Crippen LogP contribution in [0.25, 0.3) is 0 Å². The molecule has 1 saturated heterocycles. The standard InChI is InChI=1S/C17H23N5O2/c1-21-9-8-19-17(21)15-11-18-7-10-22(15)12-16(23)20-13-3-5-14(24-2)6-4-13/h3-6,8-9,15,18H,7,10-12H2,1-2H3,(H,20,23). The van der Waals surface area contributed by atoms with Crippen molar-refractivity contribution in [1.29, 1.82) is 0 Å². The minimum atomic E-state index is -0.0266. The van der Waals surface area contributed by atoms with E-state index in [4.69, 9.17) is 4.74 Å². The molecule has 7 nitrogen and oxygen atoms in total. The number of carbonyl (C=O) groups is 1. The summed E-state index contributed by atoms with van der Waals surface area (Å²) in [6.07, 6.45) is 3.72. The molecule has 2 N–H and O–H groups in total. The number of aromatic nitrogens is 2. The number of ether oxygens (including phenoxy) is 1. The minimum absolute atomic E-state index is 0.0266. The van der Waals surface area contributed by atoms with Gasteiger partial charge < -0.3 is 19.9 Å². The van der Waals surface area contributed by atoms with E-state index in [1.807, 2.05) is 42.1 Å². The fourth-order valence-corrected chi connectivity index (χ4v) is 2.95. The van der Waals surface area contributed by atoms with Crippen LogP contribution >= 0.6 is 0 Å². The molecule has 1 aliphatic heterocycles. The molecule has 1 aromatic heterocycles. The molecule has 128 valence electrons. The number of amides is 1. The van der Waals surface area contributed by atoms with Gasteiger partial charge in [-0.2, -0.15) is 0 Å². The van der Waals surface area contributed by atoms with Crippen LogP contribution in [-0.4, -0.2) is 53.6 Å². The summed E-state index contributed by atoms with van der Waals surface area (Å²) in [5.41, 5.74) is 0.768. The van der Waals surface area contributed by atoms with Gasteiger partial charge in [0.1, 0.15) is 11.6 Å². The Bertz CT molecular complexity index is 683. The van der Waals surface area contributed by atoms with Crippen LogP contribution in [0.1, 0.15) is 11.9 Å². The lowest BCUT2D eigenvalue weighted by atomic mass is 10.1. The molecule has 0 radical (unpaired) electrons. The maximum atomic E-state index is 12.4. The van der Waals surface area contributed by atoms with Crippen LogP contribution in [0.3, 0.4) is 0 Å². The molecule has 24 heavy (non-hydrogen) atoms. The van der Waals surface area contributed by atoms with E-state index < -0.39 is 0 Å². The number of rotatable bonds is 5. The molecule has 1 atom stereocenters. The smallest absolute Gasteiger partial charge is 0.238 e. The van der Waals surface area contributed by atoms with Crippen LogP contribution in [0.15, 0.2) is 36.7 Å². The summed E-state index contributed by atoms with van der Waals surface area (Å²) in [4.78, 5) is 19.0. The van der Waals surface area contributed by atoms with E-state index in [0.29, 0.717) is 6.54 Å². The minimum Gasteiger partial charge on any atom is -0.497 e. The van der Waals surface area contributed by atoms with Gasteiger partial charge >= 0.3 is 0 Å². The highest BCUT2D eigenvalue weighted by Crippen LogP contribution is 2.20. The Kier molecular flexibility index (Phi) is 5.12. The summed E-state index contributed by atoms with van der Waals surface area (Å²) in [5, 5.41) is 6.31. The number of nitrogens with zero attached hydrogens (tertiary/aromatic N) is 3. The number of hydrogen-bond donors (Lipinski definition) is 2. The van der Waals surface area contributed by atoms with Crippen molar-refractivity contribution in [1.82, 2.24) is 19.8 Å². The van der Waals surface area contributed by atoms with Gasteiger partial charge in [0.15, 0.2) is 0 Å². The molecule has 1 aromatic carbocycles. The maximum absolute atomic E-state index is 12.4. The molecule has 0 spiro atoms. The van der Waals surface area contributed by atoms with Crippen molar-refractivity contribution in [3.05, 3.63) is 42.5 Å². The van der Waals surface area contributed by atoms with Gasteiger partial charge in [0.05, 0.1) is 19.7 Å². The molecule has 1 unspecified atom stereocenters. The van der Waals surface area contributed by atoms with Gasteiger partial charge in [0.2, 0.25) is 5.91 Å². The van der Waals surface area contributed by atoms with Crippen LogP contribution < -0.4 is 15.4 Å². The molecule has 0 bridgehead atoms. The number of piperazine rings is 1. The SMILES string of the molecule is COc1ccc(NC(=O)CN2CCNCC2c2nccn2C)cc1. The molecule has 2 aromatic rings. The van der Waals surface area contributed by atoms with E-state index in [0.717, 1.165) is 36.9 Å². The number of hydrogen-bond acceptors (Lipinski definition) is 5. The van der Waals surface area contributed by atoms with Crippen molar-refractivity contribution in [2.24, 2.45) is 7.05 Å². The van der Waals surface area contributed by atoms with Crippen molar-refractivity contribution in [2.45, 2.75) is 6.04 Å². The zero-order chi connectivity index (χ0) is 16.9. The van der Waals surface area contributed by atoms with Crippen molar-refractivity contribution in [2.75, 3.05) is 38.6 Å². The van der Waals surface area contributed by atoms with Crippen LogP contribution in [0.5, 0.6) is 5.75 Å². The highest BCUT2D eigenvalue weighted by molar-refractivity contribution is 5.92. The first-order valence-electron chi connectivity index (χ1n) is 8.03. The third-order valence-corrected chi connectivity index (χ3v) is 4.23. The Hall–Kier alpha value is -2.38. The highest BCUT2D eigenvalue weighted by Gasteiger charge is 2.28. The number of imidazole rings is 1. The lowest BCUT2D eigenvalue weighted by Gasteiger charge is -2.35. The average Bonchev–Trinajstić information content (AvgIpc) is 3.02. The van der Waals surface area contributed by atoms with E-state index >= 15 is 0 Å². The van der Waals surface area contributed by atoms with E-state index in [1.165, 1.54) is 0 Å². The summed E-state index contributed by atoms with van der Waals surface area (Å²) >= 11 is 0. The first kappa shape index (κ1) is 16.5. The number of benzene rings is 1. The second kappa shape index (κ2) is 7.46. The Morgan fingerprint density at radius 2 is 2.21 bits per heavy atom. The lowest BCUT2D eigenvalue weighted by molar-refractivity contribution is -0.118. The largest absolute Gasteiger partial charge is 0.497 e. The maximum Gasteiger partial charge on any atom is 0.238 e. The summed E-state index contributed by atoms with van der Waals surface area (Å²) in [6.45, 7) is 2.82. The topological polar surface area (TPSA) is 71.4 Å². The highest BCUT2D eigenvalue weighted by atomic mass is 16.5. The monoisotopic (exact) mass is 329 g/mol. The van der Waals surface area contributed by atoms with Gasteiger partial charge in [-0.25, -0.2) is 4.98 Å². The van der Waals surface area contributed by atoms with Gasteiger partial charge in [-0.15, -0.1) is 0 Å². The van der Waals surface area contributed by atoms with E-state index in [2.05, 4.69) is 20.5 Å². The van der Waals surface area contributed by atoms with Crippen LogP contribution in [0.4, 0.5) is 5.69 Å². The number of methoxy groups -OCH3 is 1. The zero-order valence-electron chi connectivity index (χ0n) is 14.0. The van der Waals surface area contributed by atoms with Crippen molar-refractivity contribution in [3.63, 3.8) is 0 Å². The Balaban J connectivity index is 1.64. The van der Waals surface area contributed by atoms with Crippen molar-refractivity contribution >= 4 is 11.6 Å². The molecule has 1 fully saturated rings. The Labute approximate surface area is 141 Å². The normalized spacial score (nSPS) is 18.3. The molecule has 1 aliphatic rings. The van der Waals surface area contributed by atoms with Crippen LogP contribution in [0.2, 0.25) is 0 Å². The summed E-state index contributed by atoms with van der Waals surface area (Å²) in [6, 6.07) is 7.43. The summed E-state index contributed by atoms with van der Waals surface area (Å²) < 4.78 is 7.13. The fourth-order valence-electron chi connectivity index (χ4n) is 2.95. The molecular formula is C17H23N5O2. The van der Waals surface area contributed by atoms with E-state index in [1.54, 1.807) is 13.3 Å². The second-order valence-electron chi connectivity index (χ2n) is 5.86. The number of nitrogens with one attached hydrogen (secondary N) is 2. The van der Waals surface area contributed by atoms with E-state index in [9.17, 15) is 4.79 Å². The predicted molar refractivity (Wildman–Crippen MR) is 92.0 cm³/mol. The first-order chi connectivity index (χ1) is 11.7. The zero-order valence-corrected chi connectivity index (χ0v) is 14.0. The predicted octanol–water partition coefficient (Wildman–Crippen LogP) is 1.01. The molecular weight excluding hydrogens is 306 g/mol. The Morgan fingerprint density at radius 1 is 1.42 bits per heavy atom. The van der Waals surface area contributed by atoms with Crippen LogP contribution in [-0.2, 0) is 11.8 Å². The molecule has 0 aliphatic carbocycles. The van der Waals surface area contributed by atoms with Crippen LogP contribution in [0, 0.1) is 0 Å². The van der Waals surface area contributed by atoms with Gasteiger partial charge in [0, 0.05) is 44.8 Å². The lowest BCUT2D eigenvalue weighted by Crippen LogP contribution is -2.49. The van der Waals surface area contributed by atoms with Crippen molar-refractivity contribution < 1.29 is 9.53 Å².